The van der Waals surface area contributed by atoms with E-state index < -0.39 is 11.8 Å². The molecule has 1 N–H and O–H groups in total. The van der Waals surface area contributed by atoms with Crippen molar-refractivity contribution in [3.05, 3.63) is 98.0 Å². The van der Waals surface area contributed by atoms with E-state index in [0.717, 1.165) is 15.4 Å². The fourth-order valence-electron chi connectivity index (χ4n) is 3.00. The predicted octanol–water partition coefficient (Wildman–Crippen LogP) is 6.94. The minimum atomic E-state index is -0.508. The van der Waals surface area contributed by atoms with E-state index >= 15 is 0 Å². The molecule has 2 amide bonds. The van der Waals surface area contributed by atoms with Crippen molar-refractivity contribution in [2.45, 2.75) is 11.8 Å². The maximum Gasteiger partial charge on any atom is 0.283 e. The second kappa shape index (κ2) is 8.97. The fourth-order valence-corrected chi connectivity index (χ4v) is 4.43. The first-order valence-electron chi connectivity index (χ1n) is 9.19. The van der Waals surface area contributed by atoms with Gasteiger partial charge in [-0.05, 0) is 55.5 Å². The van der Waals surface area contributed by atoms with Gasteiger partial charge < -0.3 is 5.32 Å². The number of imide groups is 1. The van der Waals surface area contributed by atoms with Crippen LogP contribution >= 0.6 is 46.6 Å². The van der Waals surface area contributed by atoms with Gasteiger partial charge in [0.1, 0.15) is 10.6 Å². The van der Waals surface area contributed by atoms with Gasteiger partial charge in [-0.3, -0.25) is 9.59 Å². The third-order valence-corrected chi connectivity index (χ3v) is 6.72. The van der Waals surface area contributed by atoms with Crippen molar-refractivity contribution < 1.29 is 9.59 Å². The topological polar surface area (TPSA) is 49.4 Å². The van der Waals surface area contributed by atoms with Crippen LogP contribution in [0.25, 0.3) is 0 Å². The molecule has 0 aromatic heterocycles. The molecule has 0 aliphatic carbocycles. The van der Waals surface area contributed by atoms with Gasteiger partial charge in [0.25, 0.3) is 11.8 Å². The lowest BCUT2D eigenvalue weighted by molar-refractivity contribution is -0.120. The number of hydrogen-bond donors (Lipinski definition) is 1. The maximum atomic E-state index is 13.4. The summed E-state index contributed by atoms with van der Waals surface area (Å²) in [6.07, 6.45) is 0. The minimum absolute atomic E-state index is 0.137. The molecule has 0 bridgehead atoms. The first kappa shape index (κ1) is 21.8. The Morgan fingerprint density at radius 3 is 2.19 bits per heavy atom. The van der Waals surface area contributed by atoms with Crippen molar-refractivity contribution in [3.63, 3.8) is 0 Å². The third kappa shape index (κ3) is 4.46. The third-order valence-electron chi connectivity index (χ3n) is 4.57. The summed E-state index contributed by atoms with van der Waals surface area (Å²) in [5, 5.41) is 4.08. The van der Waals surface area contributed by atoms with E-state index in [0.29, 0.717) is 10.7 Å². The smallest absolute Gasteiger partial charge is 0.283 e. The number of nitrogens with one attached hydrogen (secondary N) is 1. The summed E-state index contributed by atoms with van der Waals surface area (Å²) in [7, 11) is 0. The summed E-state index contributed by atoms with van der Waals surface area (Å²) in [4.78, 5) is 28.8. The zero-order chi connectivity index (χ0) is 22.1. The van der Waals surface area contributed by atoms with Gasteiger partial charge in [0.15, 0.2) is 0 Å². The number of nitrogens with zero attached hydrogens (tertiary/aromatic N) is 1. The van der Waals surface area contributed by atoms with E-state index in [-0.39, 0.29) is 26.3 Å². The van der Waals surface area contributed by atoms with Gasteiger partial charge >= 0.3 is 0 Å². The lowest BCUT2D eigenvalue weighted by atomic mass is 10.2. The van der Waals surface area contributed by atoms with Crippen LogP contribution in [0.3, 0.4) is 0 Å². The predicted molar refractivity (Wildman–Crippen MR) is 128 cm³/mol. The molecule has 3 aromatic rings. The van der Waals surface area contributed by atoms with Crippen molar-refractivity contribution in [3.8, 4) is 0 Å². The Kier molecular flexibility index (Phi) is 6.30. The van der Waals surface area contributed by atoms with E-state index in [4.69, 9.17) is 34.8 Å². The largest absolute Gasteiger partial charge is 0.350 e. The highest BCUT2D eigenvalue weighted by molar-refractivity contribution is 8.04. The van der Waals surface area contributed by atoms with Gasteiger partial charge in [-0.1, -0.05) is 70.3 Å². The Balaban J connectivity index is 1.77. The molecule has 0 radical (unpaired) electrons. The molecular weight excluding hydrogens is 475 g/mol. The highest BCUT2D eigenvalue weighted by Crippen LogP contribution is 2.41. The van der Waals surface area contributed by atoms with Gasteiger partial charge in [-0.25, -0.2) is 4.90 Å². The Hall–Kier alpha value is -2.44. The molecule has 0 fully saturated rings. The van der Waals surface area contributed by atoms with Gasteiger partial charge in [-0.2, -0.15) is 0 Å². The molecule has 0 saturated carbocycles. The number of aryl methyl sites for hydroxylation is 1. The summed E-state index contributed by atoms with van der Waals surface area (Å²) < 4.78 is 0. The van der Waals surface area contributed by atoms with E-state index in [1.807, 2.05) is 31.2 Å². The van der Waals surface area contributed by atoms with Gasteiger partial charge in [0.05, 0.1) is 15.7 Å². The van der Waals surface area contributed by atoms with E-state index in [2.05, 4.69) is 5.32 Å². The number of anilines is 2. The average Bonchev–Trinajstić information content (AvgIpc) is 2.97. The van der Waals surface area contributed by atoms with Crippen LogP contribution in [0.15, 0.2) is 82.2 Å². The van der Waals surface area contributed by atoms with Crippen LogP contribution in [0.1, 0.15) is 5.56 Å². The summed E-state index contributed by atoms with van der Waals surface area (Å²) in [6, 6.07) is 19.4. The Labute approximate surface area is 198 Å². The molecule has 1 aliphatic heterocycles. The van der Waals surface area contributed by atoms with Gasteiger partial charge in [-0.15, -0.1) is 0 Å². The minimum Gasteiger partial charge on any atom is -0.350 e. The first-order valence-corrected chi connectivity index (χ1v) is 11.1. The van der Waals surface area contributed by atoms with E-state index in [1.54, 1.807) is 42.5 Å². The number of amides is 2. The summed E-state index contributed by atoms with van der Waals surface area (Å²) in [6.45, 7) is 1.97. The number of halogens is 3. The van der Waals surface area contributed by atoms with Gasteiger partial charge in [0, 0.05) is 15.6 Å². The molecule has 0 spiro atoms. The summed E-state index contributed by atoms with van der Waals surface area (Å²) in [5.41, 5.74) is 2.18. The Bertz CT molecular complexity index is 1140. The van der Waals surface area contributed by atoms with Gasteiger partial charge in [0.2, 0.25) is 0 Å². The van der Waals surface area contributed by atoms with Crippen LogP contribution < -0.4 is 10.2 Å². The molecule has 1 heterocycles. The van der Waals surface area contributed by atoms with Crippen LogP contribution in [0, 0.1) is 6.92 Å². The van der Waals surface area contributed by atoms with Crippen molar-refractivity contribution in [1.82, 2.24) is 0 Å². The highest BCUT2D eigenvalue weighted by atomic mass is 35.5. The van der Waals surface area contributed by atoms with E-state index in [1.165, 1.54) is 11.8 Å². The molecule has 156 valence electrons. The average molecular weight is 490 g/mol. The number of benzene rings is 3. The monoisotopic (exact) mass is 488 g/mol. The molecule has 31 heavy (non-hydrogen) atoms. The van der Waals surface area contributed by atoms with Crippen LogP contribution in [0.4, 0.5) is 11.4 Å². The molecule has 8 heteroatoms. The SMILES string of the molecule is Cc1ccc(NC2=C(Sc3ccc(Cl)cc3)C(=O)N(c3cccc(Cl)c3Cl)C2=O)cc1. The van der Waals surface area contributed by atoms with Crippen molar-refractivity contribution in [2.24, 2.45) is 0 Å². The molecule has 0 atom stereocenters. The summed E-state index contributed by atoms with van der Waals surface area (Å²) in [5.74, 6) is -0.991. The first-order chi connectivity index (χ1) is 14.8. The Morgan fingerprint density at radius 1 is 0.839 bits per heavy atom. The zero-order valence-electron chi connectivity index (χ0n) is 16.2. The van der Waals surface area contributed by atoms with Crippen LogP contribution in [-0.2, 0) is 9.59 Å². The fraction of sp³-hybridized carbons (Fsp3) is 0.0435. The van der Waals surface area contributed by atoms with Crippen LogP contribution in [-0.4, -0.2) is 11.8 Å². The normalized spacial score (nSPS) is 13.9. The van der Waals surface area contributed by atoms with E-state index in [9.17, 15) is 9.59 Å². The van der Waals surface area contributed by atoms with Crippen molar-refractivity contribution in [2.75, 3.05) is 10.2 Å². The van der Waals surface area contributed by atoms with Crippen LogP contribution in [0.5, 0.6) is 0 Å². The number of rotatable bonds is 5. The van der Waals surface area contributed by atoms with Crippen LogP contribution in [0.2, 0.25) is 15.1 Å². The maximum absolute atomic E-state index is 13.4. The number of hydrogen-bond acceptors (Lipinski definition) is 4. The molecular formula is C23H15Cl3N2O2S. The lowest BCUT2D eigenvalue weighted by Crippen LogP contribution is -2.32. The number of carbonyl (C=O) groups is 2. The second-order valence-electron chi connectivity index (χ2n) is 6.77. The molecule has 4 nitrogen and oxygen atoms in total. The molecule has 0 saturated heterocycles. The van der Waals surface area contributed by atoms with Crippen molar-refractivity contribution in [1.29, 1.82) is 0 Å². The number of carbonyl (C=O) groups excluding carboxylic acids is 2. The molecule has 3 aromatic carbocycles. The molecule has 4 rings (SSSR count). The second-order valence-corrected chi connectivity index (χ2v) is 9.08. The molecule has 0 unspecified atom stereocenters. The number of thioether (sulfide) groups is 1. The Morgan fingerprint density at radius 2 is 1.52 bits per heavy atom. The standard InChI is InChI=1S/C23H15Cl3N2O2S/c1-13-5-9-15(10-6-13)27-20-21(31-16-11-7-14(24)8-12-16)23(30)28(22(20)29)18-4-2-3-17(25)19(18)26/h2-12,27H,1H3. The lowest BCUT2D eigenvalue weighted by Gasteiger charge is -2.17. The summed E-state index contributed by atoms with van der Waals surface area (Å²) >= 11 is 19.6. The highest BCUT2D eigenvalue weighted by Gasteiger charge is 2.41. The molecule has 1 aliphatic rings. The zero-order valence-corrected chi connectivity index (χ0v) is 19.2. The van der Waals surface area contributed by atoms with Crippen molar-refractivity contribution >= 4 is 69.8 Å². The quantitative estimate of drug-likeness (QED) is 0.394.